The third-order valence-electron chi connectivity index (χ3n) is 6.78. The van der Waals surface area contributed by atoms with Gasteiger partial charge in [0, 0.05) is 31.7 Å². The summed E-state index contributed by atoms with van der Waals surface area (Å²) in [6.07, 6.45) is 3.20. The van der Waals surface area contributed by atoms with Crippen LogP contribution < -0.4 is 5.32 Å². The molecule has 1 fully saturated rings. The molecule has 1 N–H and O–H groups in total. The topological polar surface area (TPSA) is 75.2 Å². The van der Waals surface area contributed by atoms with E-state index in [1.807, 2.05) is 49.1 Å². The van der Waals surface area contributed by atoms with Crippen molar-refractivity contribution in [3.05, 3.63) is 94.1 Å². The fraction of sp³-hybridized carbons (Fsp3) is 0.379. The minimum absolute atomic E-state index is 0.120. The Morgan fingerprint density at radius 2 is 1.69 bits per heavy atom. The van der Waals surface area contributed by atoms with Crippen molar-refractivity contribution in [3.63, 3.8) is 0 Å². The molecule has 3 aromatic rings. The van der Waals surface area contributed by atoms with Gasteiger partial charge in [-0.3, -0.25) is 9.59 Å². The van der Waals surface area contributed by atoms with Crippen LogP contribution in [0.5, 0.6) is 0 Å². The summed E-state index contributed by atoms with van der Waals surface area (Å²) < 4.78 is 0. The standard InChI is InChI=1S/C29H34N4O2/c1-19-14-20(2)16-23(15-19)17-31-28(34)26-18-30-22(4)32-27(26)25-10-12-33(13-11-25)29(35)21(3)24-8-6-5-7-9-24/h5-9,14-16,18,21,25H,10-13,17H2,1-4H3,(H,31,34)/t21-/m0/s1. The Morgan fingerprint density at radius 1 is 1.03 bits per heavy atom. The monoisotopic (exact) mass is 470 g/mol. The lowest BCUT2D eigenvalue weighted by molar-refractivity contribution is -0.133. The number of carbonyl (C=O) groups excluding carboxylic acids is 2. The molecule has 1 atom stereocenters. The van der Waals surface area contributed by atoms with Crippen LogP contribution in [-0.2, 0) is 11.3 Å². The predicted octanol–water partition coefficient (Wildman–Crippen LogP) is 4.84. The maximum Gasteiger partial charge on any atom is 0.254 e. The Morgan fingerprint density at radius 3 is 2.34 bits per heavy atom. The van der Waals surface area contributed by atoms with E-state index < -0.39 is 0 Å². The number of nitrogens with one attached hydrogen (secondary N) is 1. The first-order chi connectivity index (χ1) is 16.8. The van der Waals surface area contributed by atoms with Crippen LogP contribution in [0, 0.1) is 20.8 Å². The Kier molecular flexibility index (Phi) is 7.59. The molecule has 4 rings (SSSR count). The number of hydrogen-bond acceptors (Lipinski definition) is 4. The summed E-state index contributed by atoms with van der Waals surface area (Å²) in [6, 6.07) is 16.2. The summed E-state index contributed by atoms with van der Waals surface area (Å²) >= 11 is 0. The average molecular weight is 471 g/mol. The first-order valence-electron chi connectivity index (χ1n) is 12.3. The molecule has 2 heterocycles. The molecule has 6 nitrogen and oxygen atoms in total. The molecule has 6 heteroatoms. The number of amides is 2. The molecule has 0 radical (unpaired) electrons. The van der Waals surface area contributed by atoms with Crippen LogP contribution in [0.3, 0.4) is 0 Å². The van der Waals surface area contributed by atoms with E-state index in [0.717, 1.165) is 29.7 Å². The molecule has 2 aromatic carbocycles. The summed E-state index contributed by atoms with van der Waals surface area (Å²) in [5.74, 6) is 0.604. The molecule has 0 unspecified atom stereocenters. The quantitative estimate of drug-likeness (QED) is 0.559. The zero-order valence-electron chi connectivity index (χ0n) is 21.0. The number of hydrogen-bond donors (Lipinski definition) is 1. The lowest BCUT2D eigenvalue weighted by atomic mass is 9.89. The van der Waals surface area contributed by atoms with Gasteiger partial charge in [0.1, 0.15) is 5.82 Å². The van der Waals surface area contributed by atoms with Gasteiger partial charge in [-0.2, -0.15) is 0 Å². The van der Waals surface area contributed by atoms with Gasteiger partial charge in [0.05, 0.1) is 17.2 Å². The minimum Gasteiger partial charge on any atom is -0.348 e. The largest absolute Gasteiger partial charge is 0.348 e. The van der Waals surface area contributed by atoms with Gasteiger partial charge in [-0.15, -0.1) is 0 Å². The van der Waals surface area contributed by atoms with Crippen LogP contribution >= 0.6 is 0 Å². The molecule has 1 aliphatic rings. The third kappa shape index (κ3) is 5.94. The lowest BCUT2D eigenvalue weighted by Crippen LogP contribution is -2.40. The Bertz CT molecular complexity index is 1180. The molecule has 35 heavy (non-hydrogen) atoms. The zero-order chi connectivity index (χ0) is 24.9. The van der Waals surface area contributed by atoms with Crippen molar-refractivity contribution in [3.8, 4) is 0 Å². The van der Waals surface area contributed by atoms with Crippen molar-refractivity contribution in [1.29, 1.82) is 0 Å². The van der Waals surface area contributed by atoms with E-state index in [-0.39, 0.29) is 23.7 Å². The number of nitrogens with zero attached hydrogens (tertiary/aromatic N) is 3. The number of aryl methyl sites for hydroxylation is 3. The van der Waals surface area contributed by atoms with E-state index in [9.17, 15) is 9.59 Å². The summed E-state index contributed by atoms with van der Waals surface area (Å²) in [4.78, 5) is 37.1. The number of benzene rings is 2. The molecule has 0 saturated carbocycles. The van der Waals surface area contributed by atoms with Gasteiger partial charge in [0.25, 0.3) is 5.91 Å². The molecule has 1 saturated heterocycles. The molecular weight excluding hydrogens is 436 g/mol. The van der Waals surface area contributed by atoms with Gasteiger partial charge < -0.3 is 10.2 Å². The number of piperidine rings is 1. The fourth-order valence-electron chi connectivity index (χ4n) is 4.95. The maximum atomic E-state index is 13.1. The van der Waals surface area contributed by atoms with Crippen LogP contribution in [0.4, 0.5) is 0 Å². The highest BCUT2D eigenvalue weighted by atomic mass is 16.2. The first-order valence-corrected chi connectivity index (χ1v) is 12.3. The van der Waals surface area contributed by atoms with Crippen molar-refractivity contribution in [2.24, 2.45) is 0 Å². The molecule has 182 valence electrons. The van der Waals surface area contributed by atoms with Gasteiger partial charge in [-0.25, -0.2) is 9.97 Å². The lowest BCUT2D eigenvalue weighted by Gasteiger charge is -2.34. The second-order valence-corrected chi connectivity index (χ2v) is 9.63. The Labute approximate surface area is 207 Å². The van der Waals surface area contributed by atoms with Crippen molar-refractivity contribution in [1.82, 2.24) is 20.2 Å². The second-order valence-electron chi connectivity index (χ2n) is 9.63. The van der Waals surface area contributed by atoms with Gasteiger partial charge in [0.15, 0.2) is 0 Å². The van der Waals surface area contributed by atoms with Gasteiger partial charge in [0.2, 0.25) is 5.91 Å². The second kappa shape index (κ2) is 10.8. The average Bonchev–Trinajstić information content (AvgIpc) is 2.86. The van der Waals surface area contributed by atoms with Crippen molar-refractivity contribution < 1.29 is 9.59 Å². The van der Waals surface area contributed by atoms with E-state index >= 15 is 0 Å². The molecule has 0 aliphatic carbocycles. The van der Waals surface area contributed by atoms with Crippen molar-refractivity contribution in [2.45, 2.75) is 58.9 Å². The molecule has 0 bridgehead atoms. The molecule has 0 spiro atoms. The number of aromatic nitrogens is 2. The summed E-state index contributed by atoms with van der Waals surface area (Å²) in [7, 11) is 0. The highest BCUT2D eigenvalue weighted by Crippen LogP contribution is 2.30. The smallest absolute Gasteiger partial charge is 0.254 e. The normalized spacial score (nSPS) is 15.0. The highest BCUT2D eigenvalue weighted by molar-refractivity contribution is 5.95. The van der Waals surface area contributed by atoms with Crippen LogP contribution in [0.15, 0.2) is 54.7 Å². The first kappa shape index (κ1) is 24.6. The van der Waals surface area contributed by atoms with E-state index in [1.54, 1.807) is 6.20 Å². The van der Waals surface area contributed by atoms with Crippen LogP contribution in [0.1, 0.15) is 75.7 Å². The minimum atomic E-state index is -0.166. The zero-order valence-corrected chi connectivity index (χ0v) is 21.0. The highest BCUT2D eigenvalue weighted by Gasteiger charge is 2.30. The number of likely N-dealkylation sites (tertiary alicyclic amines) is 1. The summed E-state index contributed by atoms with van der Waals surface area (Å²) in [5.41, 5.74) is 5.78. The molecular formula is C29H34N4O2. The van der Waals surface area contributed by atoms with Gasteiger partial charge >= 0.3 is 0 Å². The molecule has 1 aliphatic heterocycles. The number of rotatable bonds is 6. The van der Waals surface area contributed by atoms with Crippen LogP contribution in [0.25, 0.3) is 0 Å². The van der Waals surface area contributed by atoms with Crippen molar-refractivity contribution >= 4 is 11.8 Å². The van der Waals surface area contributed by atoms with E-state index in [0.29, 0.717) is 31.0 Å². The summed E-state index contributed by atoms with van der Waals surface area (Å²) in [5, 5.41) is 3.05. The molecule has 1 aromatic heterocycles. The van der Waals surface area contributed by atoms with Gasteiger partial charge in [-0.05, 0) is 51.7 Å². The van der Waals surface area contributed by atoms with Crippen molar-refractivity contribution in [2.75, 3.05) is 13.1 Å². The van der Waals surface area contributed by atoms with Crippen LogP contribution in [-0.4, -0.2) is 39.8 Å². The third-order valence-corrected chi connectivity index (χ3v) is 6.78. The van der Waals surface area contributed by atoms with E-state index in [2.05, 4.69) is 47.3 Å². The molecule has 2 amide bonds. The summed E-state index contributed by atoms with van der Waals surface area (Å²) in [6.45, 7) is 9.71. The fourth-order valence-corrected chi connectivity index (χ4v) is 4.95. The Hall–Kier alpha value is -3.54. The maximum absolute atomic E-state index is 13.1. The van der Waals surface area contributed by atoms with Crippen LogP contribution in [0.2, 0.25) is 0 Å². The van der Waals surface area contributed by atoms with E-state index in [4.69, 9.17) is 0 Å². The Balaban J connectivity index is 1.43. The van der Waals surface area contributed by atoms with E-state index in [1.165, 1.54) is 11.1 Å². The number of carbonyl (C=O) groups is 2. The van der Waals surface area contributed by atoms with Gasteiger partial charge in [-0.1, -0.05) is 59.7 Å². The SMILES string of the molecule is Cc1cc(C)cc(CNC(=O)c2cnc(C)nc2C2CCN(C(=O)[C@@H](C)c3ccccc3)CC2)c1. The predicted molar refractivity (Wildman–Crippen MR) is 137 cm³/mol.